The number of aromatic nitrogens is 1. The zero-order valence-corrected chi connectivity index (χ0v) is 45.2. The highest BCUT2D eigenvalue weighted by Gasteiger charge is 2.50. The highest BCUT2D eigenvalue weighted by molar-refractivity contribution is 7.86. The number of nitrogens with zero attached hydrogens (tertiary/aromatic N) is 1. The molecule has 0 N–H and O–H groups in total. The molecule has 3 fully saturated rings. The average molecular weight is 1080 g/mol. The zero-order chi connectivity index (χ0) is 52.3. The van der Waals surface area contributed by atoms with Crippen LogP contribution in [0.2, 0.25) is 0 Å². The summed E-state index contributed by atoms with van der Waals surface area (Å²) in [4.78, 5) is 5.24. The van der Waals surface area contributed by atoms with Gasteiger partial charge in [0.15, 0.2) is 0 Å². The van der Waals surface area contributed by atoms with Crippen molar-refractivity contribution in [3.05, 3.63) is 225 Å². The predicted molar refractivity (Wildman–Crippen MR) is 293 cm³/mol. The Morgan fingerprint density at radius 3 is 1.03 bits per heavy atom. The molecule has 0 spiro atoms. The van der Waals surface area contributed by atoms with Crippen LogP contribution in [0.1, 0.15) is 123 Å². The molecule has 7 aromatic rings. The molecule has 0 radical (unpaired) electrons. The number of hydrogen-bond acceptors (Lipinski definition) is 5. The normalized spacial score (nSPS) is 17.9. The Morgan fingerprint density at radius 2 is 0.703 bits per heavy atom. The molecule has 0 saturated heterocycles. The fourth-order valence-corrected chi connectivity index (χ4v) is 18.7. The Balaban J connectivity index is 0.000000150. The molecule has 13 heteroatoms. The van der Waals surface area contributed by atoms with Gasteiger partial charge in [-0.3, -0.25) is 12.6 Å². The monoisotopic (exact) mass is 1080 g/mol. The van der Waals surface area contributed by atoms with E-state index in [9.17, 15) is 34.6 Å². The summed E-state index contributed by atoms with van der Waals surface area (Å²) < 4.78 is 106. The first kappa shape index (κ1) is 55.3. The molecule has 74 heavy (non-hydrogen) atoms. The van der Waals surface area contributed by atoms with Gasteiger partial charge in [-0.05, 0) is 157 Å². The molecule has 4 atom stereocenters. The van der Waals surface area contributed by atoms with E-state index in [4.69, 9.17) is 0 Å². The lowest BCUT2D eigenvalue weighted by molar-refractivity contribution is 0.301. The summed E-state index contributed by atoms with van der Waals surface area (Å²) in [5.74, 6) is -0.902. The Hall–Kier alpha value is -4.95. The fourth-order valence-electron chi connectivity index (χ4n) is 12.2. The molecule has 6 aromatic carbocycles. The Bertz CT molecular complexity index is 2830. The summed E-state index contributed by atoms with van der Waals surface area (Å²) in [5.41, 5.74) is 4.26. The standard InChI is InChI=1S/C25H24F2OS.C19H20F2OS.C17H20FNOS2/c26-22-15-11-20(12-16-22)25(19-7-3-1-4-8-19,21-13-17-23(27)18-14-21)29(28)24-9-5-2-6-10-24;1-23(22)19(14-4-2-3-5-14,15-6-10-17(20)11-7-15)16-8-12-18(21)13-9-16;1-22(20)17(16-19-11-12-21-16,13-5-3-2-4-6-13)14-7-9-15(18)10-8-14/h2,5-6,9-19H,1,3-4,7-8H2;6-14H,2-5H2,1H3;7-13H,2-6H2,1H3. The molecule has 390 valence electrons. The van der Waals surface area contributed by atoms with Gasteiger partial charge < -0.3 is 0 Å². The van der Waals surface area contributed by atoms with Crippen LogP contribution in [-0.4, -0.2) is 30.1 Å². The molecular formula is C61H64F5NO3S4. The summed E-state index contributed by atoms with van der Waals surface area (Å²) >= 11 is 1.55. The first-order valence-corrected chi connectivity index (χ1v) is 30.8. The van der Waals surface area contributed by atoms with Crippen molar-refractivity contribution in [3.8, 4) is 0 Å². The summed E-state index contributed by atoms with van der Waals surface area (Å²) in [7, 11) is -3.77. The molecule has 0 amide bonds. The first-order chi connectivity index (χ1) is 35.8. The van der Waals surface area contributed by atoms with Crippen LogP contribution in [0.4, 0.5) is 22.0 Å². The highest BCUT2D eigenvalue weighted by Crippen LogP contribution is 2.52. The SMILES string of the molecule is CS(=O)C(c1ccc(F)cc1)(c1ccc(F)cc1)C1CCCC1.CS(=O)C(c1ccc(F)cc1)(c1nccs1)C1CCCCC1.O=S(c1ccccc1)C(c1ccc(F)cc1)(c1ccc(F)cc1)C1CCCCC1. The minimum Gasteiger partial charge on any atom is -0.259 e. The third-order valence-corrected chi connectivity index (χ3v) is 22.1. The number of benzene rings is 6. The van der Waals surface area contributed by atoms with Crippen LogP contribution in [-0.2, 0) is 46.6 Å². The summed E-state index contributed by atoms with van der Waals surface area (Å²) in [5, 5.41) is 2.83. The molecular weight excluding hydrogens is 1020 g/mol. The van der Waals surface area contributed by atoms with Gasteiger partial charge in [-0.25, -0.2) is 26.9 Å². The highest BCUT2D eigenvalue weighted by atomic mass is 32.2. The van der Waals surface area contributed by atoms with Crippen molar-refractivity contribution in [1.82, 2.24) is 4.98 Å². The van der Waals surface area contributed by atoms with Crippen LogP contribution >= 0.6 is 11.3 Å². The lowest BCUT2D eigenvalue weighted by atomic mass is 9.72. The van der Waals surface area contributed by atoms with E-state index in [-0.39, 0.29) is 40.9 Å². The molecule has 4 unspecified atom stereocenters. The van der Waals surface area contributed by atoms with Crippen LogP contribution in [0, 0.1) is 46.8 Å². The predicted octanol–water partition coefficient (Wildman–Crippen LogP) is 15.9. The summed E-state index contributed by atoms with van der Waals surface area (Å²) in [6.45, 7) is 0. The van der Waals surface area contributed by atoms with Gasteiger partial charge in [-0.1, -0.05) is 130 Å². The van der Waals surface area contributed by atoms with Crippen molar-refractivity contribution < 1.29 is 34.6 Å². The van der Waals surface area contributed by atoms with E-state index in [1.54, 1.807) is 90.7 Å². The second-order valence-electron chi connectivity index (χ2n) is 19.7. The molecule has 1 heterocycles. The maximum atomic E-state index is 14.3. The summed E-state index contributed by atoms with van der Waals surface area (Å²) in [6.07, 6.45) is 20.3. The van der Waals surface area contributed by atoms with Crippen molar-refractivity contribution >= 4 is 43.7 Å². The smallest absolute Gasteiger partial charge is 0.125 e. The lowest BCUT2D eigenvalue weighted by Crippen LogP contribution is -2.42. The zero-order valence-electron chi connectivity index (χ0n) is 41.9. The van der Waals surface area contributed by atoms with Gasteiger partial charge in [0.25, 0.3) is 0 Å². The molecule has 3 aliphatic rings. The van der Waals surface area contributed by atoms with Crippen molar-refractivity contribution in [1.29, 1.82) is 0 Å². The van der Waals surface area contributed by atoms with E-state index in [2.05, 4.69) is 4.98 Å². The van der Waals surface area contributed by atoms with Crippen LogP contribution in [0.25, 0.3) is 0 Å². The molecule has 4 nitrogen and oxygen atoms in total. The van der Waals surface area contributed by atoms with Gasteiger partial charge in [-0.2, -0.15) is 0 Å². The van der Waals surface area contributed by atoms with Gasteiger partial charge in [-0.15, -0.1) is 11.3 Å². The number of halogens is 5. The third kappa shape index (κ3) is 11.6. The topological polar surface area (TPSA) is 64.1 Å². The fraction of sp³-hybridized carbons (Fsp3) is 0.361. The Labute approximate surface area is 445 Å². The minimum absolute atomic E-state index is 0.119. The van der Waals surface area contributed by atoms with E-state index in [1.165, 1.54) is 67.1 Å². The average Bonchev–Trinajstić information content (AvgIpc) is 4.18. The Morgan fingerprint density at radius 1 is 0.405 bits per heavy atom. The number of rotatable bonds is 13. The molecule has 0 aliphatic heterocycles. The van der Waals surface area contributed by atoms with Gasteiger partial charge in [0.2, 0.25) is 0 Å². The number of hydrogen-bond donors (Lipinski definition) is 0. The lowest BCUT2D eigenvalue weighted by Gasteiger charge is -2.43. The van der Waals surface area contributed by atoms with Crippen molar-refractivity contribution in [2.24, 2.45) is 17.8 Å². The molecule has 3 saturated carbocycles. The quantitative estimate of drug-likeness (QED) is 0.108. The van der Waals surface area contributed by atoms with Crippen LogP contribution < -0.4 is 0 Å². The van der Waals surface area contributed by atoms with Crippen molar-refractivity contribution in [2.45, 2.75) is 109 Å². The van der Waals surface area contributed by atoms with Crippen LogP contribution in [0.5, 0.6) is 0 Å². The van der Waals surface area contributed by atoms with E-state index >= 15 is 0 Å². The van der Waals surface area contributed by atoms with E-state index < -0.39 is 46.6 Å². The third-order valence-electron chi connectivity index (χ3n) is 15.6. The molecule has 0 bridgehead atoms. The van der Waals surface area contributed by atoms with Crippen molar-refractivity contribution in [3.63, 3.8) is 0 Å². The van der Waals surface area contributed by atoms with Gasteiger partial charge >= 0.3 is 0 Å². The largest absolute Gasteiger partial charge is 0.259 e. The molecule has 3 aliphatic carbocycles. The summed E-state index contributed by atoms with van der Waals surface area (Å²) in [6, 6.07) is 41.1. The molecule has 10 rings (SSSR count). The van der Waals surface area contributed by atoms with Gasteiger partial charge in [0.05, 0.1) is 15.5 Å². The number of thiazole rings is 1. The second-order valence-corrected chi connectivity index (χ2v) is 25.4. The molecule has 1 aromatic heterocycles. The van der Waals surface area contributed by atoms with E-state index in [1.807, 2.05) is 35.7 Å². The van der Waals surface area contributed by atoms with Crippen LogP contribution in [0.3, 0.4) is 0 Å². The maximum Gasteiger partial charge on any atom is 0.125 e. The maximum absolute atomic E-state index is 14.3. The van der Waals surface area contributed by atoms with Crippen molar-refractivity contribution in [2.75, 3.05) is 12.5 Å². The first-order valence-electron chi connectivity index (χ1n) is 25.7. The van der Waals surface area contributed by atoms with E-state index in [0.717, 1.165) is 121 Å². The van der Waals surface area contributed by atoms with E-state index in [0.29, 0.717) is 5.92 Å². The van der Waals surface area contributed by atoms with Gasteiger partial charge in [0.1, 0.15) is 43.6 Å². The second kappa shape index (κ2) is 25.3. The van der Waals surface area contributed by atoms with Gasteiger partial charge in [0, 0.05) is 50.6 Å². The Kier molecular flexibility index (Phi) is 18.9. The van der Waals surface area contributed by atoms with Crippen LogP contribution in [0.15, 0.2) is 168 Å². The minimum atomic E-state index is -1.44.